The van der Waals surface area contributed by atoms with E-state index in [1.165, 1.54) is 6.08 Å². The molecule has 1 heterocycles. The number of hydrogen-bond acceptors (Lipinski definition) is 3. The van der Waals surface area contributed by atoms with Gasteiger partial charge in [-0.05, 0) is 17.7 Å². The first-order chi connectivity index (χ1) is 8.74. The van der Waals surface area contributed by atoms with E-state index >= 15 is 0 Å². The van der Waals surface area contributed by atoms with Gasteiger partial charge in [-0.2, -0.15) is 0 Å². The Morgan fingerprint density at radius 2 is 2.00 bits per heavy atom. The summed E-state index contributed by atoms with van der Waals surface area (Å²) >= 11 is 0. The molecule has 0 amide bonds. The van der Waals surface area contributed by atoms with Crippen LogP contribution in [-0.4, -0.2) is 11.1 Å². The van der Waals surface area contributed by atoms with Crippen LogP contribution in [0, 0.1) is 0 Å². The Labute approximate surface area is 104 Å². The van der Waals surface area contributed by atoms with Crippen molar-refractivity contribution in [1.29, 1.82) is 0 Å². The second-order valence-electron chi connectivity index (χ2n) is 3.60. The minimum Gasteiger partial charge on any atom is -0.478 e. The fraction of sp³-hybridized carbons (Fsp3) is 0.0714. The molecule has 0 saturated heterocycles. The second kappa shape index (κ2) is 5.72. The van der Waals surface area contributed by atoms with Crippen molar-refractivity contribution in [1.82, 2.24) is 0 Å². The summed E-state index contributed by atoms with van der Waals surface area (Å²) in [6.07, 6.45) is 2.39. The summed E-state index contributed by atoms with van der Waals surface area (Å²) in [6, 6.07) is 13.0. The highest BCUT2D eigenvalue weighted by Crippen LogP contribution is 2.18. The Morgan fingerprint density at radius 1 is 1.22 bits per heavy atom. The fourth-order valence-electron chi connectivity index (χ4n) is 1.38. The van der Waals surface area contributed by atoms with E-state index < -0.39 is 5.97 Å². The van der Waals surface area contributed by atoms with Crippen molar-refractivity contribution in [2.45, 2.75) is 6.61 Å². The molecule has 0 saturated carbocycles. The van der Waals surface area contributed by atoms with E-state index in [9.17, 15) is 4.79 Å². The van der Waals surface area contributed by atoms with Crippen molar-refractivity contribution < 1.29 is 19.1 Å². The molecule has 0 atom stereocenters. The number of hydrogen-bond donors (Lipinski definition) is 1. The topological polar surface area (TPSA) is 59.7 Å². The number of carboxylic acid groups (broad SMARTS) is 1. The standard InChI is InChI=1S/C14H12O4/c15-13(16)8-6-12-7-9-14(18-12)17-10-11-4-2-1-3-5-11/h1-9H,10H2,(H,15,16). The highest BCUT2D eigenvalue weighted by Gasteiger charge is 2.01. The lowest BCUT2D eigenvalue weighted by molar-refractivity contribution is -0.131. The van der Waals surface area contributed by atoms with Crippen LogP contribution in [0.3, 0.4) is 0 Å². The minimum atomic E-state index is -1.02. The Bertz CT molecular complexity index is 540. The van der Waals surface area contributed by atoms with E-state index in [-0.39, 0.29) is 0 Å². The van der Waals surface area contributed by atoms with Gasteiger partial charge in [-0.15, -0.1) is 0 Å². The lowest BCUT2D eigenvalue weighted by Crippen LogP contribution is -1.93. The first-order valence-corrected chi connectivity index (χ1v) is 5.41. The Balaban J connectivity index is 1.93. The van der Waals surface area contributed by atoms with Crippen LogP contribution in [0.4, 0.5) is 0 Å². The number of rotatable bonds is 5. The van der Waals surface area contributed by atoms with Crippen LogP contribution >= 0.6 is 0 Å². The van der Waals surface area contributed by atoms with E-state index in [4.69, 9.17) is 14.3 Å². The van der Waals surface area contributed by atoms with Crippen molar-refractivity contribution in [3.63, 3.8) is 0 Å². The smallest absolute Gasteiger partial charge is 0.328 e. The monoisotopic (exact) mass is 244 g/mol. The zero-order chi connectivity index (χ0) is 12.8. The van der Waals surface area contributed by atoms with Gasteiger partial charge in [-0.3, -0.25) is 0 Å². The van der Waals surface area contributed by atoms with Gasteiger partial charge in [-0.1, -0.05) is 30.3 Å². The molecule has 0 spiro atoms. The van der Waals surface area contributed by atoms with Gasteiger partial charge < -0.3 is 14.3 Å². The van der Waals surface area contributed by atoms with Crippen LogP contribution < -0.4 is 4.74 Å². The van der Waals surface area contributed by atoms with Gasteiger partial charge in [0.2, 0.25) is 0 Å². The molecule has 4 nitrogen and oxygen atoms in total. The van der Waals surface area contributed by atoms with Gasteiger partial charge in [0, 0.05) is 12.1 Å². The normalized spacial score (nSPS) is 10.7. The first kappa shape index (κ1) is 12.0. The largest absolute Gasteiger partial charge is 0.478 e. The Kier molecular flexibility index (Phi) is 3.81. The molecule has 4 heteroatoms. The van der Waals surface area contributed by atoms with Crippen molar-refractivity contribution in [2.75, 3.05) is 0 Å². The van der Waals surface area contributed by atoms with Crippen molar-refractivity contribution in [2.24, 2.45) is 0 Å². The molecule has 2 aromatic rings. The van der Waals surface area contributed by atoms with E-state index in [0.717, 1.165) is 11.6 Å². The van der Waals surface area contributed by atoms with E-state index in [1.54, 1.807) is 12.1 Å². The van der Waals surface area contributed by atoms with E-state index in [2.05, 4.69) is 0 Å². The van der Waals surface area contributed by atoms with Crippen LogP contribution in [0.25, 0.3) is 6.08 Å². The van der Waals surface area contributed by atoms with Crippen LogP contribution in [0.1, 0.15) is 11.3 Å². The molecule has 18 heavy (non-hydrogen) atoms. The highest BCUT2D eigenvalue weighted by atomic mass is 16.6. The molecule has 1 aromatic heterocycles. The van der Waals surface area contributed by atoms with Gasteiger partial charge in [0.15, 0.2) is 0 Å². The number of benzene rings is 1. The number of aliphatic carboxylic acids is 1. The maximum Gasteiger partial charge on any atom is 0.328 e. The predicted molar refractivity (Wildman–Crippen MR) is 66.2 cm³/mol. The molecule has 0 aliphatic carbocycles. The molecule has 0 radical (unpaired) electrons. The summed E-state index contributed by atoms with van der Waals surface area (Å²) < 4.78 is 10.7. The third-order valence-electron chi connectivity index (χ3n) is 2.22. The Hall–Kier alpha value is -2.49. The second-order valence-corrected chi connectivity index (χ2v) is 3.60. The zero-order valence-electron chi connectivity index (χ0n) is 9.58. The van der Waals surface area contributed by atoms with E-state index in [0.29, 0.717) is 18.3 Å². The summed E-state index contributed by atoms with van der Waals surface area (Å²) in [5.41, 5.74) is 1.04. The molecular formula is C14H12O4. The summed E-state index contributed by atoms with van der Waals surface area (Å²) in [5, 5.41) is 8.47. The van der Waals surface area contributed by atoms with Crippen LogP contribution in [0.15, 0.2) is 53.0 Å². The lowest BCUT2D eigenvalue weighted by Gasteiger charge is -2.01. The van der Waals surface area contributed by atoms with Crippen LogP contribution in [-0.2, 0) is 11.4 Å². The quantitative estimate of drug-likeness (QED) is 0.821. The number of carbonyl (C=O) groups is 1. The SMILES string of the molecule is O=C(O)C=Cc1ccc(OCc2ccccc2)o1. The Morgan fingerprint density at radius 3 is 2.72 bits per heavy atom. The third kappa shape index (κ3) is 3.52. The number of carboxylic acids is 1. The number of furan rings is 1. The first-order valence-electron chi connectivity index (χ1n) is 5.41. The maximum absolute atomic E-state index is 10.3. The van der Waals surface area contributed by atoms with Crippen molar-refractivity contribution in [3.05, 3.63) is 59.9 Å². The molecular weight excluding hydrogens is 232 g/mol. The third-order valence-corrected chi connectivity index (χ3v) is 2.22. The summed E-state index contributed by atoms with van der Waals surface area (Å²) in [7, 11) is 0. The molecule has 92 valence electrons. The summed E-state index contributed by atoms with van der Waals surface area (Å²) in [6.45, 7) is 0.413. The number of ether oxygens (including phenoxy) is 1. The molecule has 0 aliphatic rings. The maximum atomic E-state index is 10.3. The molecule has 0 unspecified atom stereocenters. The highest BCUT2D eigenvalue weighted by molar-refractivity contribution is 5.84. The van der Waals surface area contributed by atoms with Gasteiger partial charge >= 0.3 is 5.97 Å². The van der Waals surface area contributed by atoms with Gasteiger partial charge in [0.25, 0.3) is 5.95 Å². The fourth-order valence-corrected chi connectivity index (χ4v) is 1.38. The van der Waals surface area contributed by atoms with E-state index in [1.807, 2.05) is 30.3 Å². The van der Waals surface area contributed by atoms with Crippen molar-refractivity contribution in [3.8, 4) is 5.95 Å². The molecule has 1 aromatic carbocycles. The average Bonchev–Trinajstić information content (AvgIpc) is 2.83. The van der Waals surface area contributed by atoms with Gasteiger partial charge in [0.05, 0.1) is 0 Å². The molecule has 0 aliphatic heterocycles. The van der Waals surface area contributed by atoms with Crippen LogP contribution in [0.5, 0.6) is 5.95 Å². The molecule has 0 fully saturated rings. The van der Waals surface area contributed by atoms with Gasteiger partial charge in [0.1, 0.15) is 12.4 Å². The predicted octanol–water partition coefficient (Wildman–Crippen LogP) is 2.96. The zero-order valence-corrected chi connectivity index (χ0v) is 9.58. The van der Waals surface area contributed by atoms with Crippen LogP contribution in [0.2, 0.25) is 0 Å². The van der Waals surface area contributed by atoms with Gasteiger partial charge in [-0.25, -0.2) is 4.79 Å². The summed E-state index contributed by atoms with van der Waals surface area (Å²) in [5.74, 6) is -0.206. The lowest BCUT2D eigenvalue weighted by atomic mass is 10.2. The van der Waals surface area contributed by atoms with Crippen molar-refractivity contribution >= 4 is 12.0 Å². The molecule has 1 N–H and O–H groups in total. The molecule has 2 rings (SSSR count). The average molecular weight is 244 g/mol. The minimum absolute atomic E-state index is 0.365. The molecule has 0 bridgehead atoms. The summed E-state index contributed by atoms with van der Waals surface area (Å²) in [4.78, 5) is 10.3.